The Morgan fingerprint density at radius 3 is 2.24 bits per heavy atom. The first-order valence-corrected chi connectivity index (χ1v) is 10.0. The summed E-state index contributed by atoms with van der Waals surface area (Å²) in [6, 6.07) is 15.9. The van der Waals surface area contributed by atoms with Crippen molar-refractivity contribution < 1.29 is 32.1 Å². The summed E-state index contributed by atoms with van der Waals surface area (Å²) in [7, 11) is -4.67. The molecule has 0 aromatic heterocycles. The van der Waals surface area contributed by atoms with Crippen molar-refractivity contribution >= 4 is 28.1 Å². The van der Waals surface area contributed by atoms with E-state index in [9.17, 15) is 22.8 Å². The summed E-state index contributed by atoms with van der Waals surface area (Å²) in [5, 5.41) is 2.34. The summed E-state index contributed by atoms with van der Waals surface area (Å²) >= 11 is 0. The van der Waals surface area contributed by atoms with Gasteiger partial charge in [0.2, 0.25) is 5.91 Å². The molecule has 1 fully saturated rings. The molecule has 1 aliphatic heterocycles. The molecule has 0 spiro atoms. The van der Waals surface area contributed by atoms with Crippen LogP contribution in [0.1, 0.15) is 17.0 Å². The molecule has 0 radical (unpaired) electrons. The largest absolute Gasteiger partial charge is 0.460 e. The van der Waals surface area contributed by atoms with Crippen LogP contribution in [-0.4, -0.2) is 47.6 Å². The van der Waals surface area contributed by atoms with E-state index in [0.29, 0.717) is 5.56 Å². The number of ether oxygens (including phenoxy) is 1. The molecule has 1 aliphatic rings. The number of β-lactam (4-membered cyclic amide) rings is 1. The number of carbonyl (C=O) groups excluding carboxylic acids is 3. The third kappa shape index (κ3) is 4.79. The van der Waals surface area contributed by atoms with Crippen LogP contribution in [0.25, 0.3) is 0 Å². The third-order valence-electron chi connectivity index (χ3n) is 4.34. The second-order valence-corrected chi connectivity index (χ2v) is 7.68. The predicted octanol–water partition coefficient (Wildman–Crippen LogP) is 0.643. The summed E-state index contributed by atoms with van der Waals surface area (Å²) < 4.78 is 36.4. The first-order chi connectivity index (χ1) is 13.8. The molecule has 1 saturated heterocycles. The number of rotatable bonds is 7. The van der Waals surface area contributed by atoms with E-state index in [4.69, 9.17) is 9.29 Å². The topological polar surface area (TPSA) is 130 Å². The van der Waals surface area contributed by atoms with Crippen LogP contribution in [0.4, 0.5) is 0 Å². The Kier molecular flexibility index (Phi) is 5.95. The van der Waals surface area contributed by atoms with Gasteiger partial charge in [0.25, 0.3) is 5.91 Å². The maximum Gasteiger partial charge on any atom is 0.362 e. The van der Waals surface area contributed by atoms with E-state index in [0.717, 1.165) is 5.56 Å². The van der Waals surface area contributed by atoms with Gasteiger partial charge < -0.3 is 10.1 Å². The number of esters is 1. The van der Waals surface area contributed by atoms with E-state index in [-0.39, 0.29) is 10.9 Å². The maximum absolute atomic E-state index is 12.7. The fourth-order valence-electron chi connectivity index (χ4n) is 2.82. The number of amides is 2. The highest BCUT2D eigenvalue weighted by Gasteiger charge is 2.45. The summed E-state index contributed by atoms with van der Waals surface area (Å²) in [5.41, 5.74) is 1.10. The smallest absolute Gasteiger partial charge is 0.362 e. The molecule has 2 atom stereocenters. The van der Waals surface area contributed by atoms with Gasteiger partial charge in [-0.05, 0) is 11.1 Å². The molecule has 1 unspecified atom stereocenters. The van der Waals surface area contributed by atoms with Crippen molar-refractivity contribution in [1.82, 2.24) is 9.62 Å². The Labute approximate surface area is 167 Å². The highest BCUT2D eigenvalue weighted by atomic mass is 32.2. The van der Waals surface area contributed by atoms with Crippen LogP contribution in [-0.2, 0) is 36.0 Å². The van der Waals surface area contributed by atoms with Crippen LogP contribution in [0.15, 0.2) is 60.7 Å². The van der Waals surface area contributed by atoms with Crippen LogP contribution < -0.4 is 5.32 Å². The van der Waals surface area contributed by atoms with Crippen molar-refractivity contribution in [1.29, 1.82) is 0 Å². The van der Waals surface area contributed by atoms with E-state index >= 15 is 0 Å². The maximum atomic E-state index is 12.7. The van der Waals surface area contributed by atoms with Gasteiger partial charge in [0.1, 0.15) is 12.6 Å². The van der Waals surface area contributed by atoms with Crippen molar-refractivity contribution in [2.75, 3.05) is 6.54 Å². The van der Waals surface area contributed by atoms with Gasteiger partial charge >= 0.3 is 16.3 Å². The molecule has 9 nitrogen and oxygen atoms in total. The Balaban J connectivity index is 1.71. The van der Waals surface area contributed by atoms with Gasteiger partial charge in [0, 0.05) is 0 Å². The van der Waals surface area contributed by atoms with Crippen LogP contribution in [0.3, 0.4) is 0 Å². The SMILES string of the molecule is O=C(N[C@H]1CN(S(=O)(=O)O)C1=O)C(C(=O)OCc1ccccc1)c1ccccc1. The van der Waals surface area contributed by atoms with Crippen molar-refractivity contribution in [3.63, 3.8) is 0 Å². The summed E-state index contributed by atoms with van der Waals surface area (Å²) in [6.07, 6.45) is 0. The Bertz CT molecular complexity index is 1010. The van der Waals surface area contributed by atoms with Gasteiger partial charge in [-0.3, -0.25) is 18.9 Å². The van der Waals surface area contributed by atoms with Gasteiger partial charge in [-0.15, -0.1) is 0 Å². The lowest BCUT2D eigenvalue weighted by Gasteiger charge is -2.35. The molecular formula is C19H18N2O7S. The second-order valence-electron chi connectivity index (χ2n) is 6.35. The van der Waals surface area contributed by atoms with E-state index in [1.54, 1.807) is 54.6 Å². The molecule has 10 heteroatoms. The van der Waals surface area contributed by atoms with Crippen molar-refractivity contribution in [3.05, 3.63) is 71.8 Å². The monoisotopic (exact) mass is 418 g/mol. The number of nitrogens with zero attached hydrogens (tertiary/aromatic N) is 1. The van der Waals surface area contributed by atoms with Crippen molar-refractivity contribution in [2.45, 2.75) is 18.6 Å². The molecule has 1 heterocycles. The lowest BCUT2D eigenvalue weighted by atomic mass is 9.97. The van der Waals surface area contributed by atoms with Crippen LogP contribution >= 0.6 is 0 Å². The number of nitrogens with one attached hydrogen (secondary N) is 1. The van der Waals surface area contributed by atoms with Gasteiger partial charge in [-0.1, -0.05) is 60.7 Å². The molecule has 3 rings (SSSR count). The zero-order chi connectivity index (χ0) is 21.0. The molecule has 2 aromatic rings. The Hall–Kier alpha value is -3.24. The van der Waals surface area contributed by atoms with E-state index in [1.165, 1.54) is 0 Å². The average molecular weight is 418 g/mol. The molecule has 2 N–H and O–H groups in total. The molecule has 152 valence electrons. The second kappa shape index (κ2) is 8.41. The van der Waals surface area contributed by atoms with Crippen LogP contribution in [0.5, 0.6) is 0 Å². The Morgan fingerprint density at radius 1 is 1.10 bits per heavy atom. The first-order valence-electron chi connectivity index (χ1n) is 8.62. The summed E-state index contributed by atoms with van der Waals surface area (Å²) in [5.74, 6) is -3.93. The van der Waals surface area contributed by atoms with Gasteiger partial charge in [0.05, 0.1) is 6.54 Å². The van der Waals surface area contributed by atoms with Crippen molar-refractivity contribution in [2.24, 2.45) is 0 Å². The lowest BCUT2D eigenvalue weighted by Crippen LogP contribution is -2.65. The number of benzene rings is 2. The minimum absolute atomic E-state index is 0.0326. The molecule has 2 amide bonds. The third-order valence-corrected chi connectivity index (χ3v) is 5.23. The average Bonchev–Trinajstić information content (AvgIpc) is 2.70. The number of carbonyl (C=O) groups is 3. The van der Waals surface area contributed by atoms with Gasteiger partial charge in [-0.2, -0.15) is 8.42 Å². The zero-order valence-electron chi connectivity index (χ0n) is 15.1. The van der Waals surface area contributed by atoms with Crippen molar-refractivity contribution in [3.8, 4) is 0 Å². The number of hydrogen-bond donors (Lipinski definition) is 2. The molecule has 0 saturated carbocycles. The predicted molar refractivity (Wildman–Crippen MR) is 101 cm³/mol. The fraction of sp³-hybridized carbons (Fsp3) is 0.211. The van der Waals surface area contributed by atoms with E-state index in [2.05, 4.69) is 5.32 Å². The molecule has 29 heavy (non-hydrogen) atoms. The van der Waals surface area contributed by atoms with Gasteiger partial charge in [-0.25, -0.2) is 4.31 Å². The standard InChI is InChI=1S/C19H18N2O7S/c22-17(20-15-11-21(18(15)23)29(25,26)27)16(14-9-5-2-6-10-14)19(24)28-12-13-7-3-1-4-8-13/h1-10,15-16H,11-12H2,(H,20,22)(H,25,26,27)/t15-,16?/m0/s1. The Morgan fingerprint density at radius 2 is 1.69 bits per heavy atom. The van der Waals surface area contributed by atoms with Crippen LogP contribution in [0, 0.1) is 0 Å². The van der Waals surface area contributed by atoms with E-state index < -0.39 is 46.6 Å². The van der Waals surface area contributed by atoms with Crippen LogP contribution in [0.2, 0.25) is 0 Å². The lowest BCUT2D eigenvalue weighted by molar-refractivity contribution is -0.152. The number of hydrogen-bond acceptors (Lipinski definition) is 6. The zero-order valence-corrected chi connectivity index (χ0v) is 15.9. The minimum Gasteiger partial charge on any atom is -0.460 e. The van der Waals surface area contributed by atoms with E-state index in [1.807, 2.05) is 6.07 Å². The van der Waals surface area contributed by atoms with Gasteiger partial charge in [0.15, 0.2) is 5.92 Å². The molecule has 0 aliphatic carbocycles. The summed E-state index contributed by atoms with van der Waals surface area (Å²) in [6.45, 7) is -0.445. The fourth-order valence-corrected chi connectivity index (χ4v) is 3.51. The highest BCUT2D eigenvalue weighted by molar-refractivity contribution is 7.84. The molecule has 0 bridgehead atoms. The quantitative estimate of drug-likeness (QED) is 0.292. The normalized spacial score (nSPS) is 17.2. The highest BCUT2D eigenvalue weighted by Crippen LogP contribution is 2.21. The minimum atomic E-state index is -4.67. The molecule has 2 aromatic carbocycles. The molecular weight excluding hydrogens is 400 g/mol. The first kappa shape index (κ1) is 20.5. The summed E-state index contributed by atoms with van der Waals surface area (Å²) in [4.78, 5) is 37.2.